The van der Waals surface area contributed by atoms with Gasteiger partial charge in [-0.1, -0.05) is 29.8 Å². The smallest absolute Gasteiger partial charge is 0.251 e. The number of nitrogens with one attached hydrogen (secondary N) is 1. The van der Waals surface area contributed by atoms with Crippen molar-refractivity contribution in [2.75, 3.05) is 19.4 Å². The Hall–Kier alpha value is -1.94. The van der Waals surface area contributed by atoms with Crippen LogP contribution in [0.5, 0.6) is 5.75 Å². The van der Waals surface area contributed by atoms with Gasteiger partial charge in [-0.05, 0) is 43.0 Å². The molecule has 3 nitrogen and oxygen atoms in total. The van der Waals surface area contributed by atoms with Crippen LogP contribution in [-0.2, 0) is 5.75 Å². The molecule has 1 N–H and O–H groups in total. The lowest BCUT2D eigenvalue weighted by Crippen LogP contribution is -2.28. The van der Waals surface area contributed by atoms with E-state index in [0.717, 1.165) is 17.1 Å². The highest BCUT2D eigenvalue weighted by atomic mass is 32.2. The SMILES string of the molecule is CSCc1cccc(C(=O)NCCOc2ccc(C)cc2)c1. The van der Waals surface area contributed by atoms with Gasteiger partial charge in [0.2, 0.25) is 0 Å². The van der Waals surface area contributed by atoms with Crippen molar-refractivity contribution in [3.8, 4) is 5.75 Å². The summed E-state index contributed by atoms with van der Waals surface area (Å²) in [4.78, 5) is 12.1. The minimum absolute atomic E-state index is 0.0598. The lowest BCUT2D eigenvalue weighted by molar-refractivity contribution is 0.0947. The van der Waals surface area contributed by atoms with Crippen LogP contribution in [0.4, 0.5) is 0 Å². The highest BCUT2D eigenvalue weighted by Gasteiger charge is 2.05. The predicted octanol–water partition coefficient (Wildman–Crippen LogP) is 3.67. The topological polar surface area (TPSA) is 38.3 Å². The molecule has 0 spiro atoms. The molecule has 2 rings (SSSR count). The fourth-order valence-corrected chi connectivity index (χ4v) is 2.55. The molecule has 0 fully saturated rings. The van der Waals surface area contributed by atoms with E-state index in [1.807, 2.05) is 55.5 Å². The average molecular weight is 315 g/mol. The molecule has 0 unspecified atom stereocenters. The minimum Gasteiger partial charge on any atom is -0.492 e. The molecule has 1 amide bonds. The van der Waals surface area contributed by atoms with Crippen LogP contribution < -0.4 is 10.1 Å². The van der Waals surface area contributed by atoms with Gasteiger partial charge in [-0.15, -0.1) is 0 Å². The van der Waals surface area contributed by atoms with Gasteiger partial charge < -0.3 is 10.1 Å². The standard InChI is InChI=1S/C18H21NO2S/c1-14-6-8-17(9-7-14)21-11-10-19-18(20)16-5-3-4-15(12-16)13-22-2/h3-9,12H,10-11,13H2,1-2H3,(H,19,20). The summed E-state index contributed by atoms with van der Waals surface area (Å²) in [5.41, 5.74) is 3.06. The van der Waals surface area contributed by atoms with Crippen LogP contribution >= 0.6 is 11.8 Å². The first-order valence-corrected chi connectivity index (χ1v) is 8.64. The fraction of sp³-hybridized carbons (Fsp3) is 0.278. The largest absolute Gasteiger partial charge is 0.492 e. The first-order valence-electron chi connectivity index (χ1n) is 7.24. The molecule has 116 valence electrons. The molecule has 0 aromatic heterocycles. The molecule has 0 heterocycles. The summed E-state index contributed by atoms with van der Waals surface area (Å²) in [7, 11) is 0. The van der Waals surface area contributed by atoms with Crippen LogP contribution in [0.1, 0.15) is 21.5 Å². The summed E-state index contributed by atoms with van der Waals surface area (Å²) in [6.45, 7) is 2.98. The van der Waals surface area contributed by atoms with Gasteiger partial charge in [0, 0.05) is 11.3 Å². The molecular weight excluding hydrogens is 294 g/mol. The van der Waals surface area contributed by atoms with Crippen LogP contribution in [0.3, 0.4) is 0 Å². The van der Waals surface area contributed by atoms with E-state index >= 15 is 0 Å². The maximum Gasteiger partial charge on any atom is 0.251 e. The normalized spacial score (nSPS) is 10.3. The highest BCUT2D eigenvalue weighted by molar-refractivity contribution is 7.97. The van der Waals surface area contributed by atoms with Gasteiger partial charge in [0.15, 0.2) is 0 Å². The fourth-order valence-electron chi connectivity index (χ4n) is 2.04. The summed E-state index contributed by atoms with van der Waals surface area (Å²) in [5.74, 6) is 1.68. The van der Waals surface area contributed by atoms with Gasteiger partial charge >= 0.3 is 0 Å². The Labute approximate surface area is 136 Å². The number of ether oxygens (including phenoxy) is 1. The number of aryl methyl sites for hydroxylation is 1. The van der Waals surface area contributed by atoms with Gasteiger partial charge in [-0.3, -0.25) is 4.79 Å². The van der Waals surface area contributed by atoms with Crippen LogP contribution in [-0.4, -0.2) is 25.3 Å². The average Bonchev–Trinajstić information content (AvgIpc) is 2.53. The molecule has 0 aliphatic carbocycles. The summed E-state index contributed by atoms with van der Waals surface area (Å²) in [5, 5.41) is 2.88. The van der Waals surface area contributed by atoms with E-state index in [0.29, 0.717) is 18.7 Å². The summed E-state index contributed by atoms with van der Waals surface area (Å²) >= 11 is 1.74. The maximum atomic E-state index is 12.1. The number of carbonyl (C=O) groups excluding carboxylic acids is 1. The minimum atomic E-state index is -0.0598. The quantitative estimate of drug-likeness (QED) is 0.792. The Morgan fingerprint density at radius 1 is 1.18 bits per heavy atom. The molecule has 0 saturated carbocycles. The Balaban J connectivity index is 1.77. The number of hydrogen-bond donors (Lipinski definition) is 1. The van der Waals surface area contributed by atoms with Crippen LogP contribution in [0.2, 0.25) is 0 Å². The van der Waals surface area contributed by atoms with Crippen LogP contribution in [0.25, 0.3) is 0 Å². The van der Waals surface area contributed by atoms with Gasteiger partial charge in [-0.2, -0.15) is 11.8 Å². The van der Waals surface area contributed by atoms with E-state index in [2.05, 4.69) is 11.6 Å². The van der Waals surface area contributed by atoms with Crippen molar-refractivity contribution in [1.29, 1.82) is 0 Å². The third-order valence-electron chi connectivity index (χ3n) is 3.18. The second-order valence-corrected chi connectivity index (χ2v) is 5.92. The zero-order chi connectivity index (χ0) is 15.8. The molecule has 0 aliphatic rings. The van der Waals surface area contributed by atoms with Crippen molar-refractivity contribution >= 4 is 17.7 Å². The number of rotatable bonds is 7. The molecule has 22 heavy (non-hydrogen) atoms. The van der Waals surface area contributed by atoms with Crippen LogP contribution in [0, 0.1) is 6.92 Å². The van der Waals surface area contributed by atoms with Crippen LogP contribution in [0.15, 0.2) is 48.5 Å². The Bertz CT molecular complexity index is 611. The zero-order valence-corrected chi connectivity index (χ0v) is 13.8. The Morgan fingerprint density at radius 2 is 1.95 bits per heavy atom. The second-order valence-electron chi connectivity index (χ2n) is 5.05. The van der Waals surface area contributed by atoms with E-state index < -0.39 is 0 Å². The Kier molecular flexibility index (Phi) is 6.34. The maximum absolute atomic E-state index is 12.1. The van der Waals surface area contributed by atoms with E-state index in [1.54, 1.807) is 11.8 Å². The van der Waals surface area contributed by atoms with Crippen molar-refractivity contribution in [3.05, 3.63) is 65.2 Å². The Morgan fingerprint density at radius 3 is 2.68 bits per heavy atom. The predicted molar refractivity (Wildman–Crippen MR) is 92.7 cm³/mol. The third kappa shape index (κ3) is 5.11. The number of benzene rings is 2. The van der Waals surface area contributed by atoms with Crippen molar-refractivity contribution < 1.29 is 9.53 Å². The number of hydrogen-bond acceptors (Lipinski definition) is 3. The lowest BCUT2D eigenvalue weighted by atomic mass is 10.1. The van der Waals surface area contributed by atoms with Gasteiger partial charge in [0.1, 0.15) is 12.4 Å². The van der Waals surface area contributed by atoms with Crippen molar-refractivity contribution in [2.24, 2.45) is 0 Å². The third-order valence-corrected chi connectivity index (χ3v) is 3.80. The molecule has 2 aromatic carbocycles. The highest BCUT2D eigenvalue weighted by Crippen LogP contribution is 2.12. The molecule has 0 radical (unpaired) electrons. The van der Waals surface area contributed by atoms with Gasteiger partial charge in [0.05, 0.1) is 6.54 Å². The van der Waals surface area contributed by atoms with Gasteiger partial charge in [-0.25, -0.2) is 0 Å². The molecule has 0 atom stereocenters. The molecular formula is C18H21NO2S. The number of carbonyl (C=O) groups is 1. The van der Waals surface area contributed by atoms with Crippen molar-refractivity contribution in [3.63, 3.8) is 0 Å². The van der Waals surface area contributed by atoms with Crippen molar-refractivity contribution in [2.45, 2.75) is 12.7 Å². The van der Waals surface area contributed by atoms with E-state index in [1.165, 1.54) is 5.56 Å². The van der Waals surface area contributed by atoms with E-state index in [-0.39, 0.29) is 5.91 Å². The van der Waals surface area contributed by atoms with Crippen molar-refractivity contribution in [1.82, 2.24) is 5.32 Å². The summed E-state index contributed by atoms with van der Waals surface area (Å²) in [6.07, 6.45) is 2.05. The molecule has 0 aliphatic heterocycles. The zero-order valence-electron chi connectivity index (χ0n) is 13.0. The lowest BCUT2D eigenvalue weighted by Gasteiger charge is -2.09. The summed E-state index contributed by atoms with van der Waals surface area (Å²) < 4.78 is 5.59. The second kappa shape index (κ2) is 8.49. The van der Waals surface area contributed by atoms with Gasteiger partial charge in [0.25, 0.3) is 5.91 Å². The number of amides is 1. The van der Waals surface area contributed by atoms with E-state index in [4.69, 9.17) is 4.74 Å². The monoisotopic (exact) mass is 315 g/mol. The first-order chi connectivity index (χ1) is 10.7. The molecule has 0 bridgehead atoms. The summed E-state index contributed by atoms with van der Waals surface area (Å²) in [6, 6.07) is 15.6. The molecule has 4 heteroatoms. The first kappa shape index (κ1) is 16.4. The van der Waals surface area contributed by atoms with E-state index in [9.17, 15) is 4.79 Å². The molecule has 0 saturated heterocycles. The molecule has 2 aromatic rings. The number of thioether (sulfide) groups is 1.